The molecule has 9 nitrogen and oxygen atoms in total. The minimum Gasteiger partial charge on any atom is -0.372 e. The third kappa shape index (κ3) is 3.87. The first-order valence-corrected chi connectivity index (χ1v) is 13.7. The number of nitrogens with one attached hydrogen (secondary N) is 2. The lowest BCUT2D eigenvalue weighted by Crippen LogP contribution is -2.55. The van der Waals surface area contributed by atoms with Crippen LogP contribution < -0.4 is 20.7 Å². The van der Waals surface area contributed by atoms with E-state index in [2.05, 4.69) is 50.1 Å². The van der Waals surface area contributed by atoms with E-state index in [9.17, 15) is 10.1 Å². The molecule has 7 rings (SSSR count). The molecule has 3 fully saturated rings. The van der Waals surface area contributed by atoms with Crippen molar-refractivity contribution in [1.82, 2.24) is 20.2 Å². The largest absolute Gasteiger partial charge is 0.372 e. The molecule has 4 aliphatic heterocycles. The quantitative estimate of drug-likeness (QED) is 0.542. The van der Waals surface area contributed by atoms with Gasteiger partial charge in [-0.25, -0.2) is 4.98 Å². The summed E-state index contributed by atoms with van der Waals surface area (Å²) >= 11 is 0. The number of H-pyrrole nitrogens is 1. The van der Waals surface area contributed by atoms with Crippen molar-refractivity contribution in [2.45, 2.75) is 44.0 Å². The molecule has 1 aromatic carbocycles. The number of piperidine rings is 1. The van der Waals surface area contributed by atoms with Gasteiger partial charge in [-0.2, -0.15) is 5.26 Å². The Balaban J connectivity index is 1.14. The number of pyridine rings is 2. The van der Waals surface area contributed by atoms with Crippen LogP contribution in [0.15, 0.2) is 41.2 Å². The standard InChI is InChI=1S/C29H33N7O2/c1-19-15-35(24-5-2-20(14-30)28-22(24)4-7-27(37)33-28)17-25-21-3-6-26(32-23(21)16-36(19)25)34-11-8-29(9-12-34)18-31-10-13-38-29/h2-7,19,25,31H,8-13,15-18H2,1H3,(H,33,37). The highest BCUT2D eigenvalue weighted by atomic mass is 16.5. The normalized spacial score (nSPS) is 24.8. The second-order valence-corrected chi connectivity index (χ2v) is 11.2. The molecule has 3 saturated heterocycles. The van der Waals surface area contributed by atoms with Crippen molar-refractivity contribution in [3.05, 3.63) is 63.6 Å². The number of nitriles is 1. The van der Waals surface area contributed by atoms with Crippen molar-refractivity contribution in [3.63, 3.8) is 0 Å². The molecule has 38 heavy (non-hydrogen) atoms. The van der Waals surface area contributed by atoms with Gasteiger partial charge in [0.25, 0.3) is 0 Å². The molecule has 0 radical (unpaired) electrons. The summed E-state index contributed by atoms with van der Waals surface area (Å²) in [5.41, 5.74) is 4.46. The predicted octanol–water partition coefficient (Wildman–Crippen LogP) is 2.52. The molecular formula is C29H33N7O2. The van der Waals surface area contributed by atoms with E-state index in [1.165, 1.54) is 11.3 Å². The van der Waals surface area contributed by atoms with Gasteiger partial charge in [-0.05, 0) is 49.6 Å². The van der Waals surface area contributed by atoms with E-state index >= 15 is 0 Å². The van der Waals surface area contributed by atoms with Crippen molar-refractivity contribution < 1.29 is 4.74 Å². The minimum atomic E-state index is -0.192. The van der Waals surface area contributed by atoms with Gasteiger partial charge in [0, 0.05) is 69.0 Å². The number of aromatic amines is 1. The maximum absolute atomic E-state index is 12.0. The lowest BCUT2D eigenvalue weighted by atomic mass is 9.90. The molecule has 3 aromatic rings. The first-order chi connectivity index (χ1) is 18.5. The maximum atomic E-state index is 12.0. The number of rotatable bonds is 2. The third-order valence-electron chi connectivity index (χ3n) is 9.00. The Morgan fingerprint density at radius 1 is 1.11 bits per heavy atom. The number of piperazine rings is 1. The summed E-state index contributed by atoms with van der Waals surface area (Å²) in [6.07, 6.45) is 2.06. The zero-order valence-electron chi connectivity index (χ0n) is 21.7. The Morgan fingerprint density at radius 3 is 2.76 bits per heavy atom. The Morgan fingerprint density at radius 2 is 1.97 bits per heavy atom. The molecule has 0 aliphatic carbocycles. The molecule has 2 N–H and O–H groups in total. The van der Waals surface area contributed by atoms with Crippen LogP contribution in [0.1, 0.15) is 42.6 Å². The molecule has 6 heterocycles. The van der Waals surface area contributed by atoms with Crippen molar-refractivity contribution in [2.75, 3.05) is 55.7 Å². The van der Waals surface area contributed by atoms with E-state index in [0.29, 0.717) is 17.1 Å². The van der Waals surface area contributed by atoms with Crippen LogP contribution in [-0.4, -0.2) is 72.4 Å². The van der Waals surface area contributed by atoms with Crippen molar-refractivity contribution >= 4 is 22.4 Å². The summed E-state index contributed by atoms with van der Waals surface area (Å²) in [6.45, 7) is 9.52. The monoisotopic (exact) mass is 511 g/mol. The first kappa shape index (κ1) is 23.7. The van der Waals surface area contributed by atoms with Crippen molar-refractivity contribution in [3.8, 4) is 6.07 Å². The highest BCUT2D eigenvalue weighted by molar-refractivity contribution is 5.95. The van der Waals surface area contributed by atoms with E-state index in [-0.39, 0.29) is 17.2 Å². The van der Waals surface area contributed by atoms with Crippen molar-refractivity contribution in [2.24, 2.45) is 0 Å². The van der Waals surface area contributed by atoms with E-state index in [0.717, 1.165) is 82.2 Å². The first-order valence-electron chi connectivity index (χ1n) is 13.7. The van der Waals surface area contributed by atoms with Gasteiger partial charge in [-0.15, -0.1) is 0 Å². The predicted molar refractivity (Wildman–Crippen MR) is 146 cm³/mol. The second kappa shape index (κ2) is 9.09. The topological polar surface area (TPSA) is 101 Å². The average molecular weight is 512 g/mol. The highest BCUT2D eigenvalue weighted by Crippen LogP contribution is 2.41. The zero-order valence-corrected chi connectivity index (χ0v) is 21.7. The van der Waals surface area contributed by atoms with E-state index < -0.39 is 0 Å². The summed E-state index contributed by atoms with van der Waals surface area (Å²) in [5.74, 6) is 1.08. The fourth-order valence-electron chi connectivity index (χ4n) is 6.91. The van der Waals surface area contributed by atoms with Crippen LogP contribution >= 0.6 is 0 Å². The van der Waals surface area contributed by atoms with Crippen LogP contribution in [0.2, 0.25) is 0 Å². The average Bonchev–Trinajstić information content (AvgIpc) is 3.32. The van der Waals surface area contributed by atoms with E-state index in [1.807, 2.05) is 18.2 Å². The molecule has 4 aliphatic rings. The Labute approximate surface area is 222 Å². The molecule has 0 bridgehead atoms. The molecule has 9 heteroatoms. The van der Waals surface area contributed by atoms with Crippen LogP contribution in [0, 0.1) is 11.3 Å². The van der Waals surface area contributed by atoms with Gasteiger partial charge >= 0.3 is 0 Å². The Bertz CT molecular complexity index is 1480. The molecule has 196 valence electrons. The number of hydrogen-bond donors (Lipinski definition) is 2. The zero-order chi connectivity index (χ0) is 25.9. The summed E-state index contributed by atoms with van der Waals surface area (Å²) in [7, 11) is 0. The molecule has 2 atom stereocenters. The number of ether oxygens (including phenoxy) is 1. The molecule has 0 amide bonds. The fourth-order valence-corrected chi connectivity index (χ4v) is 6.91. The molecule has 0 saturated carbocycles. The number of aromatic nitrogens is 2. The van der Waals surface area contributed by atoms with Gasteiger partial charge in [-0.3, -0.25) is 9.69 Å². The van der Waals surface area contributed by atoms with Gasteiger partial charge in [0.15, 0.2) is 0 Å². The van der Waals surface area contributed by atoms with Gasteiger partial charge in [0.2, 0.25) is 5.56 Å². The maximum Gasteiger partial charge on any atom is 0.248 e. The lowest BCUT2D eigenvalue weighted by Gasteiger charge is -2.44. The van der Waals surface area contributed by atoms with Crippen molar-refractivity contribution in [1.29, 1.82) is 5.26 Å². The Hall–Kier alpha value is -3.45. The SMILES string of the molecule is CC1CN(c2ccc(C#N)c3[nH]c(=O)ccc23)CC2c3ccc(N4CCC5(CC4)CNCCO5)nc3CN12. The molecule has 1 spiro atoms. The smallest absolute Gasteiger partial charge is 0.248 e. The van der Waals surface area contributed by atoms with Gasteiger partial charge in [-0.1, -0.05) is 6.07 Å². The third-order valence-corrected chi connectivity index (χ3v) is 9.00. The van der Waals surface area contributed by atoms with Gasteiger partial charge in [0.1, 0.15) is 11.9 Å². The Kier molecular flexibility index (Phi) is 5.65. The van der Waals surface area contributed by atoms with Crippen LogP contribution in [0.5, 0.6) is 0 Å². The number of hydrogen-bond acceptors (Lipinski definition) is 8. The summed E-state index contributed by atoms with van der Waals surface area (Å²) in [4.78, 5) is 27.4. The van der Waals surface area contributed by atoms with Gasteiger partial charge in [0.05, 0.1) is 35.0 Å². The van der Waals surface area contributed by atoms with E-state index in [1.54, 1.807) is 6.07 Å². The van der Waals surface area contributed by atoms with E-state index in [4.69, 9.17) is 9.72 Å². The summed E-state index contributed by atoms with van der Waals surface area (Å²) < 4.78 is 6.18. The van der Waals surface area contributed by atoms with Crippen LogP contribution in [0.25, 0.3) is 10.9 Å². The number of nitrogens with zero attached hydrogens (tertiary/aromatic N) is 5. The second-order valence-electron chi connectivity index (χ2n) is 11.2. The number of benzene rings is 1. The highest BCUT2D eigenvalue weighted by Gasteiger charge is 2.41. The minimum absolute atomic E-state index is 0.00630. The van der Waals surface area contributed by atoms with Gasteiger partial charge < -0.3 is 24.8 Å². The number of morpholine rings is 1. The lowest BCUT2D eigenvalue weighted by molar-refractivity contribution is -0.0800. The number of fused-ring (bicyclic) bond motifs is 4. The molecule has 2 aromatic heterocycles. The molecular weight excluding hydrogens is 478 g/mol. The van der Waals surface area contributed by atoms with Crippen LogP contribution in [0.4, 0.5) is 11.5 Å². The van der Waals surface area contributed by atoms with Crippen LogP contribution in [0.3, 0.4) is 0 Å². The summed E-state index contributed by atoms with van der Waals surface area (Å²) in [5, 5.41) is 14.0. The summed E-state index contributed by atoms with van der Waals surface area (Å²) in [6, 6.07) is 14.5. The fraction of sp³-hybridized carbons (Fsp3) is 0.483. The molecule has 2 unspecified atom stereocenters. The number of anilines is 2. The van der Waals surface area contributed by atoms with Crippen LogP contribution in [-0.2, 0) is 11.3 Å².